The molecule has 26 heavy (non-hydrogen) atoms. The van der Waals surface area contributed by atoms with E-state index >= 15 is 0 Å². The predicted octanol–water partition coefficient (Wildman–Crippen LogP) is 3.12. The summed E-state index contributed by atoms with van der Waals surface area (Å²) >= 11 is 1.28. The zero-order chi connectivity index (χ0) is 18.7. The number of ether oxygens (including phenoxy) is 2. The molecule has 0 atom stereocenters. The lowest BCUT2D eigenvalue weighted by Crippen LogP contribution is -2.36. The number of aromatic nitrogens is 1. The average Bonchev–Trinajstić information content (AvgIpc) is 3.41. The van der Waals surface area contributed by atoms with Crippen molar-refractivity contribution in [2.75, 3.05) is 13.7 Å². The highest BCUT2D eigenvalue weighted by Gasteiger charge is 2.33. The van der Waals surface area contributed by atoms with Gasteiger partial charge >= 0.3 is 5.97 Å². The van der Waals surface area contributed by atoms with Crippen molar-refractivity contribution in [2.45, 2.75) is 39.3 Å². The van der Waals surface area contributed by atoms with Crippen LogP contribution in [-0.2, 0) is 16.1 Å². The Balaban J connectivity index is 1.60. The van der Waals surface area contributed by atoms with Gasteiger partial charge in [0.25, 0.3) is 5.91 Å². The van der Waals surface area contributed by atoms with Crippen LogP contribution in [0.2, 0.25) is 0 Å². The molecule has 0 bridgehead atoms. The van der Waals surface area contributed by atoms with Crippen LogP contribution in [0.15, 0.2) is 24.3 Å². The SMILES string of the molecule is COc1ccc(CN(C(=O)COC(=O)c2sc(C)nc2C)C2CC2)cc1. The summed E-state index contributed by atoms with van der Waals surface area (Å²) < 4.78 is 10.4. The van der Waals surface area contributed by atoms with Gasteiger partial charge in [-0.2, -0.15) is 0 Å². The molecule has 1 heterocycles. The van der Waals surface area contributed by atoms with Crippen molar-refractivity contribution >= 4 is 23.2 Å². The van der Waals surface area contributed by atoms with Gasteiger partial charge in [-0.25, -0.2) is 9.78 Å². The molecule has 0 radical (unpaired) electrons. The summed E-state index contributed by atoms with van der Waals surface area (Å²) in [6, 6.07) is 7.86. The van der Waals surface area contributed by atoms with Crippen LogP contribution in [0.1, 0.15) is 38.8 Å². The van der Waals surface area contributed by atoms with Crippen LogP contribution in [0.4, 0.5) is 0 Å². The molecule has 1 aliphatic rings. The Labute approximate surface area is 156 Å². The molecule has 0 aliphatic heterocycles. The summed E-state index contributed by atoms with van der Waals surface area (Å²) in [5.41, 5.74) is 1.66. The third kappa shape index (κ3) is 4.40. The first-order valence-corrected chi connectivity index (χ1v) is 9.33. The molecular formula is C19H22N2O4S. The first-order valence-electron chi connectivity index (χ1n) is 8.51. The van der Waals surface area contributed by atoms with E-state index in [9.17, 15) is 9.59 Å². The van der Waals surface area contributed by atoms with E-state index in [1.54, 1.807) is 18.9 Å². The molecule has 1 aliphatic carbocycles. The Morgan fingerprint density at radius 3 is 2.46 bits per heavy atom. The molecule has 1 aromatic heterocycles. The fraction of sp³-hybridized carbons (Fsp3) is 0.421. The number of carbonyl (C=O) groups is 2. The van der Waals surface area contributed by atoms with Crippen molar-refractivity contribution in [1.29, 1.82) is 0 Å². The molecule has 1 fully saturated rings. The summed E-state index contributed by atoms with van der Waals surface area (Å²) in [4.78, 5) is 31.2. The van der Waals surface area contributed by atoms with Gasteiger partial charge in [0.1, 0.15) is 10.6 Å². The topological polar surface area (TPSA) is 68.7 Å². The van der Waals surface area contributed by atoms with E-state index in [-0.39, 0.29) is 18.6 Å². The second-order valence-electron chi connectivity index (χ2n) is 6.32. The molecule has 1 aromatic carbocycles. The largest absolute Gasteiger partial charge is 0.497 e. The number of carbonyl (C=O) groups excluding carboxylic acids is 2. The molecule has 6 nitrogen and oxygen atoms in total. The highest BCUT2D eigenvalue weighted by molar-refractivity contribution is 7.13. The molecule has 1 saturated carbocycles. The Morgan fingerprint density at radius 1 is 1.23 bits per heavy atom. The van der Waals surface area contributed by atoms with Crippen LogP contribution in [-0.4, -0.2) is 41.5 Å². The van der Waals surface area contributed by atoms with Crippen LogP contribution in [0, 0.1) is 13.8 Å². The van der Waals surface area contributed by atoms with Crippen LogP contribution in [0.3, 0.4) is 0 Å². The number of benzene rings is 1. The third-order valence-electron chi connectivity index (χ3n) is 4.24. The molecular weight excluding hydrogens is 352 g/mol. The highest BCUT2D eigenvalue weighted by Crippen LogP contribution is 2.29. The number of esters is 1. The lowest BCUT2D eigenvalue weighted by molar-refractivity contribution is -0.135. The summed E-state index contributed by atoms with van der Waals surface area (Å²) in [5, 5.41) is 0.805. The molecule has 3 rings (SSSR count). The van der Waals surface area contributed by atoms with E-state index in [0.717, 1.165) is 29.2 Å². The fourth-order valence-electron chi connectivity index (χ4n) is 2.73. The van der Waals surface area contributed by atoms with Crippen molar-refractivity contribution in [1.82, 2.24) is 9.88 Å². The summed E-state index contributed by atoms with van der Waals surface area (Å²) in [5.74, 6) is 0.124. The van der Waals surface area contributed by atoms with Gasteiger partial charge in [0.2, 0.25) is 0 Å². The Hall–Kier alpha value is -2.41. The monoisotopic (exact) mass is 374 g/mol. The molecule has 2 aromatic rings. The number of methoxy groups -OCH3 is 1. The number of nitrogens with zero attached hydrogens (tertiary/aromatic N) is 2. The fourth-order valence-corrected chi connectivity index (χ4v) is 3.54. The van der Waals surface area contributed by atoms with Gasteiger partial charge < -0.3 is 14.4 Å². The predicted molar refractivity (Wildman–Crippen MR) is 98.4 cm³/mol. The summed E-state index contributed by atoms with van der Waals surface area (Å²) in [6.45, 7) is 3.86. The zero-order valence-electron chi connectivity index (χ0n) is 15.2. The lowest BCUT2D eigenvalue weighted by Gasteiger charge is -2.22. The minimum absolute atomic E-state index is 0.171. The molecule has 7 heteroatoms. The van der Waals surface area contributed by atoms with E-state index < -0.39 is 5.97 Å². The van der Waals surface area contributed by atoms with E-state index in [1.165, 1.54) is 11.3 Å². The zero-order valence-corrected chi connectivity index (χ0v) is 16.0. The molecule has 0 spiro atoms. The van der Waals surface area contributed by atoms with Crippen molar-refractivity contribution in [3.8, 4) is 5.75 Å². The van der Waals surface area contributed by atoms with Crippen LogP contribution in [0.5, 0.6) is 5.75 Å². The number of hydrogen-bond donors (Lipinski definition) is 0. The van der Waals surface area contributed by atoms with E-state index in [2.05, 4.69) is 4.98 Å². The highest BCUT2D eigenvalue weighted by atomic mass is 32.1. The van der Waals surface area contributed by atoms with Gasteiger partial charge in [-0.3, -0.25) is 4.79 Å². The van der Waals surface area contributed by atoms with Gasteiger partial charge in [-0.05, 0) is 44.4 Å². The molecule has 138 valence electrons. The normalized spacial score (nSPS) is 13.3. The first-order chi connectivity index (χ1) is 12.5. The number of rotatable bonds is 7. The van der Waals surface area contributed by atoms with Gasteiger partial charge in [-0.15, -0.1) is 11.3 Å². The standard InChI is InChI=1S/C19H22N2O4S/c1-12-18(26-13(2)20-12)19(23)25-11-17(22)21(15-6-7-15)10-14-4-8-16(24-3)9-5-14/h4-5,8-9,15H,6-7,10-11H2,1-3H3. The van der Waals surface area contributed by atoms with Crippen molar-refractivity contribution in [3.05, 3.63) is 45.4 Å². The van der Waals surface area contributed by atoms with E-state index in [4.69, 9.17) is 9.47 Å². The Kier molecular flexibility index (Phi) is 5.56. The molecule has 0 saturated heterocycles. The number of thiazole rings is 1. The van der Waals surface area contributed by atoms with E-state index in [1.807, 2.05) is 31.2 Å². The van der Waals surface area contributed by atoms with Gasteiger partial charge in [0.15, 0.2) is 6.61 Å². The van der Waals surface area contributed by atoms with Crippen molar-refractivity contribution in [3.63, 3.8) is 0 Å². The maximum Gasteiger partial charge on any atom is 0.350 e. The van der Waals surface area contributed by atoms with Crippen LogP contribution in [0.25, 0.3) is 0 Å². The van der Waals surface area contributed by atoms with Crippen LogP contribution >= 0.6 is 11.3 Å². The van der Waals surface area contributed by atoms with Crippen LogP contribution < -0.4 is 4.74 Å². The minimum Gasteiger partial charge on any atom is -0.497 e. The summed E-state index contributed by atoms with van der Waals surface area (Å²) in [6.07, 6.45) is 1.98. The van der Waals surface area contributed by atoms with Gasteiger partial charge in [-0.1, -0.05) is 12.1 Å². The maximum atomic E-state index is 12.6. The minimum atomic E-state index is -0.485. The summed E-state index contributed by atoms with van der Waals surface area (Å²) in [7, 11) is 1.62. The smallest absolute Gasteiger partial charge is 0.350 e. The van der Waals surface area contributed by atoms with Crippen molar-refractivity contribution < 1.29 is 19.1 Å². The van der Waals surface area contributed by atoms with Crippen molar-refractivity contribution in [2.24, 2.45) is 0 Å². The van der Waals surface area contributed by atoms with Gasteiger partial charge in [0, 0.05) is 12.6 Å². The second-order valence-corrected chi connectivity index (χ2v) is 7.53. The third-order valence-corrected chi connectivity index (χ3v) is 5.29. The average molecular weight is 374 g/mol. The number of hydrogen-bond acceptors (Lipinski definition) is 6. The Bertz CT molecular complexity index is 796. The first kappa shape index (κ1) is 18.4. The molecule has 1 amide bonds. The number of amides is 1. The molecule has 0 unspecified atom stereocenters. The second kappa shape index (κ2) is 7.86. The van der Waals surface area contributed by atoms with E-state index in [0.29, 0.717) is 17.1 Å². The Morgan fingerprint density at radius 2 is 1.92 bits per heavy atom. The maximum absolute atomic E-state index is 12.6. The van der Waals surface area contributed by atoms with Gasteiger partial charge in [0.05, 0.1) is 17.8 Å². The quantitative estimate of drug-likeness (QED) is 0.697. The molecule has 0 N–H and O–H groups in total. The number of aryl methyl sites for hydroxylation is 2. The lowest BCUT2D eigenvalue weighted by atomic mass is 10.2.